The monoisotopic (exact) mass is 601 g/mol. The number of amides is 3. The van der Waals surface area contributed by atoms with Gasteiger partial charge in [-0.15, -0.1) is 0 Å². The maximum absolute atomic E-state index is 15.8. The number of aliphatic imine (C=N–C) groups is 1. The minimum atomic E-state index is -3.03. The normalized spacial score (nSPS) is 25.7. The van der Waals surface area contributed by atoms with E-state index in [-0.39, 0.29) is 29.9 Å². The molecule has 1 aliphatic carbocycles. The summed E-state index contributed by atoms with van der Waals surface area (Å²) in [6.45, 7) is 7.73. The van der Waals surface area contributed by atoms with Crippen LogP contribution in [0.5, 0.6) is 0 Å². The van der Waals surface area contributed by atoms with Crippen LogP contribution in [0.3, 0.4) is 0 Å². The molecule has 0 bridgehead atoms. The number of hydrogen-bond acceptors (Lipinski definition) is 6. The van der Waals surface area contributed by atoms with Crippen LogP contribution >= 0.6 is 0 Å². The average molecular weight is 602 g/mol. The van der Waals surface area contributed by atoms with E-state index in [1.54, 1.807) is 11.0 Å². The van der Waals surface area contributed by atoms with Gasteiger partial charge >= 0.3 is 6.09 Å². The second-order valence-electron chi connectivity index (χ2n) is 12.2. The van der Waals surface area contributed by atoms with Gasteiger partial charge in [-0.3, -0.25) is 14.5 Å². The van der Waals surface area contributed by atoms with Gasteiger partial charge in [-0.25, -0.2) is 23.0 Å². The summed E-state index contributed by atoms with van der Waals surface area (Å²) in [6, 6.07) is 3.17. The first kappa shape index (κ1) is 30.8. The number of nitrogens with one attached hydrogen (secondary N) is 1. The van der Waals surface area contributed by atoms with E-state index in [2.05, 4.69) is 29.1 Å². The molecule has 1 aromatic carbocycles. The van der Waals surface area contributed by atoms with E-state index in [4.69, 9.17) is 4.74 Å². The van der Waals surface area contributed by atoms with Gasteiger partial charge in [0.1, 0.15) is 17.3 Å². The Morgan fingerprint density at radius 2 is 1.86 bits per heavy atom. The minimum Gasteiger partial charge on any atom is -0.443 e. The molecule has 9 nitrogen and oxygen atoms in total. The number of alkyl halides is 2. The van der Waals surface area contributed by atoms with E-state index in [1.165, 1.54) is 12.1 Å². The Hall–Kier alpha value is -3.67. The first-order valence-corrected chi connectivity index (χ1v) is 14.7. The lowest BCUT2D eigenvalue weighted by molar-refractivity contribution is -0.117. The van der Waals surface area contributed by atoms with Crippen LogP contribution in [-0.4, -0.2) is 91.3 Å². The van der Waals surface area contributed by atoms with Crippen LogP contribution in [0.1, 0.15) is 52.0 Å². The van der Waals surface area contributed by atoms with E-state index in [0.717, 1.165) is 25.5 Å². The van der Waals surface area contributed by atoms with E-state index >= 15 is 4.39 Å². The van der Waals surface area contributed by atoms with E-state index in [1.807, 2.05) is 18.9 Å². The van der Waals surface area contributed by atoms with E-state index in [0.29, 0.717) is 43.4 Å². The third-order valence-corrected chi connectivity index (χ3v) is 9.14. The van der Waals surface area contributed by atoms with Gasteiger partial charge in [0.25, 0.3) is 12.3 Å². The number of hydrogen-bond donors (Lipinski definition) is 1. The lowest BCUT2D eigenvalue weighted by Crippen LogP contribution is -2.55. The third kappa shape index (κ3) is 6.48. The molecule has 0 spiro atoms. The molecule has 3 atom stereocenters. The number of piperazine rings is 1. The van der Waals surface area contributed by atoms with Gasteiger partial charge in [0.05, 0.1) is 11.4 Å². The van der Waals surface area contributed by atoms with Crippen LogP contribution in [0.2, 0.25) is 0 Å². The molecule has 2 fully saturated rings. The molecule has 43 heavy (non-hydrogen) atoms. The average Bonchev–Trinajstić information content (AvgIpc) is 2.95. The maximum atomic E-state index is 15.8. The van der Waals surface area contributed by atoms with Crippen LogP contribution in [0.15, 0.2) is 34.9 Å². The topological polar surface area (TPSA) is 94.5 Å². The fourth-order valence-electron chi connectivity index (χ4n) is 6.04. The summed E-state index contributed by atoms with van der Waals surface area (Å²) in [5.74, 6) is -3.59. The van der Waals surface area contributed by atoms with Crippen molar-refractivity contribution < 1.29 is 32.3 Å². The predicted molar refractivity (Wildman–Crippen MR) is 158 cm³/mol. The van der Waals surface area contributed by atoms with Crippen LogP contribution in [0, 0.1) is 11.7 Å². The highest BCUT2D eigenvalue weighted by Gasteiger charge is 2.38. The number of ether oxygens (including phenoxy) is 1. The number of dihydropyridines is 1. The number of nitrogens with zero attached hydrogens (tertiary/aromatic N) is 4. The molecule has 1 saturated heterocycles. The Balaban J connectivity index is 1.43. The van der Waals surface area contributed by atoms with Crippen LogP contribution in [0.25, 0.3) is 5.57 Å². The zero-order chi connectivity index (χ0) is 31.1. The smallest absolute Gasteiger partial charge is 0.410 e. The number of halogens is 3. The van der Waals surface area contributed by atoms with E-state index < -0.39 is 47.2 Å². The molecule has 1 N–H and O–H groups in total. The van der Waals surface area contributed by atoms with Gasteiger partial charge < -0.3 is 19.9 Å². The summed E-state index contributed by atoms with van der Waals surface area (Å²) in [5.41, 5.74) is 0.556. The molecule has 3 aliphatic heterocycles. The minimum absolute atomic E-state index is 0.133. The van der Waals surface area contributed by atoms with Crippen molar-refractivity contribution in [3.8, 4) is 0 Å². The number of benzene rings is 1. The van der Waals surface area contributed by atoms with Crippen molar-refractivity contribution in [1.82, 2.24) is 9.80 Å². The Morgan fingerprint density at radius 3 is 2.44 bits per heavy atom. The molecule has 0 radical (unpaired) electrons. The summed E-state index contributed by atoms with van der Waals surface area (Å²) >= 11 is 0. The highest BCUT2D eigenvalue weighted by molar-refractivity contribution is 6.11. The maximum Gasteiger partial charge on any atom is 0.410 e. The fourth-order valence-corrected chi connectivity index (χ4v) is 6.04. The van der Waals surface area contributed by atoms with Gasteiger partial charge in [-0.2, -0.15) is 0 Å². The molecule has 0 aromatic heterocycles. The van der Waals surface area contributed by atoms with Gasteiger partial charge in [0.2, 0.25) is 5.91 Å². The van der Waals surface area contributed by atoms with Crippen molar-refractivity contribution in [3.63, 3.8) is 0 Å². The summed E-state index contributed by atoms with van der Waals surface area (Å²) in [6.07, 6.45) is 3.03. The molecule has 1 aromatic rings. The molecule has 3 amide bonds. The zero-order valence-electron chi connectivity index (χ0n) is 24.9. The van der Waals surface area contributed by atoms with E-state index in [9.17, 15) is 23.2 Å². The quantitative estimate of drug-likeness (QED) is 0.500. The lowest BCUT2D eigenvalue weighted by Gasteiger charge is -2.44. The molecule has 1 unspecified atom stereocenters. The first-order valence-electron chi connectivity index (χ1n) is 14.7. The molecule has 3 heterocycles. The third-order valence-electron chi connectivity index (χ3n) is 9.14. The predicted octanol–water partition coefficient (Wildman–Crippen LogP) is 4.88. The molecule has 1 saturated carbocycles. The highest BCUT2D eigenvalue weighted by Crippen LogP contribution is 2.38. The van der Waals surface area contributed by atoms with Crippen molar-refractivity contribution in [1.29, 1.82) is 0 Å². The van der Waals surface area contributed by atoms with Gasteiger partial charge in [0, 0.05) is 61.7 Å². The number of carbonyl (C=O) groups excluding carboxylic acids is 3. The van der Waals surface area contributed by atoms with Crippen molar-refractivity contribution in [2.24, 2.45) is 10.9 Å². The largest absolute Gasteiger partial charge is 0.443 e. The van der Waals surface area contributed by atoms with Crippen molar-refractivity contribution in [2.45, 2.75) is 70.6 Å². The number of carbonyl (C=O) groups is 3. The van der Waals surface area contributed by atoms with Crippen molar-refractivity contribution in [2.75, 3.05) is 43.4 Å². The highest BCUT2D eigenvalue weighted by atomic mass is 19.3. The first-order chi connectivity index (χ1) is 20.3. The van der Waals surface area contributed by atoms with Gasteiger partial charge in [-0.05, 0) is 71.2 Å². The van der Waals surface area contributed by atoms with Crippen LogP contribution < -0.4 is 10.2 Å². The molecular weight excluding hydrogens is 563 g/mol. The Bertz CT molecular complexity index is 1380. The lowest BCUT2D eigenvalue weighted by atomic mass is 9.82. The second kappa shape index (κ2) is 12.1. The Labute approximate surface area is 249 Å². The molecule has 232 valence electrons. The zero-order valence-corrected chi connectivity index (χ0v) is 24.9. The molecule has 12 heteroatoms. The van der Waals surface area contributed by atoms with Gasteiger partial charge in [0.15, 0.2) is 0 Å². The number of anilines is 2. The molecular formula is C31H38F3N5O4. The number of likely N-dealkylation sites (N-methyl/N-ethyl adjacent to an activating group) is 1. The standard InChI is InChI=1S/C31H38F3N5O4/c1-18-16-39(17-19(2)37(18)4)26-14-24(32)21(20-6-10-38(11-7-20)30(42)43-31(3)8-5-9-31)12-25(26)36-29(41)23-15-35-27(40)13-22(23)28(33)34/h6,12-15,18-19,23,28H,5,7-11,16-17H2,1-4H3,(H,36,41)/t18-,19+,23?. The van der Waals surface area contributed by atoms with Crippen molar-refractivity contribution in [3.05, 3.63) is 41.2 Å². The van der Waals surface area contributed by atoms with Crippen molar-refractivity contribution >= 4 is 41.1 Å². The fraction of sp³-hybridized carbons (Fsp3) is 0.548. The SMILES string of the molecule is C[C@@H]1CN(c2cc(F)c(C3=CCN(C(=O)OC4(C)CCC4)CC3)cc2NC(=O)C2C=NC(=O)C=C2C(F)F)C[C@H](C)N1C. The summed E-state index contributed by atoms with van der Waals surface area (Å²) < 4.78 is 48.9. The second-order valence-corrected chi connectivity index (χ2v) is 12.2. The van der Waals surface area contributed by atoms with Crippen LogP contribution in [-0.2, 0) is 14.3 Å². The molecule has 4 aliphatic rings. The summed E-state index contributed by atoms with van der Waals surface area (Å²) in [7, 11) is 2.02. The molecule has 5 rings (SSSR count). The number of rotatable bonds is 6. The summed E-state index contributed by atoms with van der Waals surface area (Å²) in [5, 5.41) is 2.74. The van der Waals surface area contributed by atoms with Gasteiger partial charge in [-0.1, -0.05) is 6.08 Å². The summed E-state index contributed by atoms with van der Waals surface area (Å²) in [4.78, 5) is 47.0. The Morgan fingerprint density at radius 1 is 1.16 bits per heavy atom. The van der Waals surface area contributed by atoms with Crippen LogP contribution in [0.4, 0.5) is 29.3 Å². The Kier molecular flexibility index (Phi) is 8.69.